The van der Waals surface area contributed by atoms with Crippen LogP contribution in [0.2, 0.25) is 5.02 Å². The third-order valence-corrected chi connectivity index (χ3v) is 6.62. The van der Waals surface area contributed by atoms with E-state index in [0.29, 0.717) is 11.6 Å². The number of carbonyl (C=O) groups excluding carboxylic acids is 2. The van der Waals surface area contributed by atoms with E-state index in [0.717, 1.165) is 52.5 Å². The van der Waals surface area contributed by atoms with Crippen LogP contribution in [0, 0.1) is 0 Å². The molecule has 2 N–H and O–H groups in total. The fourth-order valence-corrected chi connectivity index (χ4v) is 4.78. The molecule has 0 aliphatic carbocycles. The van der Waals surface area contributed by atoms with Gasteiger partial charge in [0.2, 0.25) is 5.91 Å². The van der Waals surface area contributed by atoms with Crippen molar-refractivity contribution in [2.24, 2.45) is 0 Å². The Morgan fingerprint density at radius 1 is 1.03 bits per heavy atom. The number of anilines is 1. The monoisotopic (exact) mass is 465 g/mol. The number of nitrogens with zero attached hydrogens (tertiary/aromatic N) is 1. The van der Waals surface area contributed by atoms with E-state index in [1.807, 2.05) is 65.6 Å². The predicted molar refractivity (Wildman–Crippen MR) is 132 cm³/mol. The smallest absolute Gasteiger partial charge is 0.321 e. The summed E-state index contributed by atoms with van der Waals surface area (Å²) in [4.78, 5) is 28.4. The molecule has 164 valence electrons. The molecule has 0 spiro atoms. The Morgan fingerprint density at radius 2 is 1.84 bits per heavy atom. The first-order chi connectivity index (χ1) is 15.6. The lowest BCUT2D eigenvalue weighted by molar-refractivity contribution is -0.116. The SMILES string of the molecule is O=C(/C=C/c1ccc(-c2ccccc2Cl)s1)NCc1cccc(NC(=O)N2CCCC2)c1. The van der Waals surface area contributed by atoms with Gasteiger partial charge in [0.05, 0.1) is 0 Å². The summed E-state index contributed by atoms with van der Waals surface area (Å²) >= 11 is 7.84. The zero-order valence-electron chi connectivity index (χ0n) is 17.5. The molecule has 3 aromatic rings. The van der Waals surface area contributed by atoms with Crippen LogP contribution in [-0.2, 0) is 11.3 Å². The summed E-state index contributed by atoms with van der Waals surface area (Å²) in [5, 5.41) is 6.53. The van der Waals surface area contributed by atoms with E-state index in [4.69, 9.17) is 11.6 Å². The van der Waals surface area contributed by atoms with Crippen LogP contribution in [-0.4, -0.2) is 29.9 Å². The lowest BCUT2D eigenvalue weighted by atomic mass is 10.2. The highest BCUT2D eigenvalue weighted by Gasteiger charge is 2.17. The van der Waals surface area contributed by atoms with Gasteiger partial charge in [0.15, 0.2) is 0 Å². The van der Waals surface area contributed by atoms with Crippen LogP contribution in [0.3, 0.4) is 0 Å². The second-order valence-electron chi connectivity index (χ2n) is 7.56. The molecule has 1 aromatic heterocycles. The second-order valence-corrected chi connectivity index (χ2v) is 9.08. The topological polar surface area (TPSA) is 61.4 Å². The highest BCUT2D eigenvalue weighted by molar-refractivity contribution is 7.16. The summed E-state index contributed by atoms with van der Waals surface area (Å²) in [7, 11) is 0. The molecule has 32 heavy (non-hydrogen) atoms. The van der Waals surface area contributed by atoms with Crippen LogP contribution in [0.5, 0.6) is 0 Å². The molecule has 1 aliphatic heterocycles. The zero-order valence-corrected chi connectivity index (χ0v) is 19.1. The highest BCUT2D eigenvalue weighted by atomic mass is 35.5. The first-order valence-corrected chi connectivity index (χ1v) is 11.7. The number of nitrogens with one attached hydrogen (secondary N) is 2. The maximum Gasteiger partial charge on any atom is 0.321 e. The normalized spacial score (nSPS) is 13.5. The fourth-order valence-electron chi connectivity index (χ4n) is 3.54. The first kappa shape index (κ1) is 22.1. The average Bonchev–Trinajstić information content (AvgIpc) is 3.49. The number of rotatable bonds is 6. The third-order valence-electron chi connectivity index (χ3n) is 5.20. The minimum Gasteiger partial charge on any atom is -0.348 e. The molecule has 1 aliphatic rings. The minimum atomic E-state index is -0.177. The van der Waals surface area contributed by atoms with Gasteiger partial charge in [-0.1, -0.05) is 41.9 Å². The Balaban J connectivity index is 1.30. The molecule has 1 fully saturated rings. The van der Waals surface area contributed by atoms with Crippen LogP contribution >= 0.6 is 22.9 Å². The number of hydrogen-bond acceptors (Lipinski definition) is 3. The van der Waals surface area contributed by atoms with Gasteiger partial charge in [0.25, 0.3) is 0 Å². The van der Waals surface area contributed by atoms with Crippen LogP contribution in [0.15, 0.2) is 66.7 Å². The van der Waals surface area contributed by atoms with Gasteiger partial charge >= 0.3 is 6.03 Å². The maximum absolute atomic E-state index is 12.3. The molecule has 0 saturated carbocycles. The number of halogens is 1. The van der Waals surface area contributed by atoms with Gasteiger partial charge in [-0.25, -0.2) is 4.79 Å². The number of carbonyl (C=O) groups is 2. The van der Waals surface area contributed by atoms with Gasteiger partial charge in [-0.2, -0.15) is 0 Å². The molecule has 0 radical (unpaired) electrons. The average molecular weight is 466 g/mol. The van der Waals surface area contributed by atoms with E-state index in [-0.39, 0.29) is 11.9 Å². The lowest BCUT2D eigenvalue weighted by Gasteiger charge is -2.16. The van der Waals surface area contributed by atoms with Crippen molar-refractivity contribution < 1.29 is 9.59 Å². The summed E-state index contributed by atoms with van der Waals surface area (Å²) in [5.74, 6) is -0.177. The van der Waals surface area contributed by atoms with Gasteiger partial charge in [0.1, 0.15) is 0 Å². The Morgan fingerprint density at radius 3 is 2.66 bits per heavy atom. The number of hydrogen-bond donors (Lipinski definition) is 2. The maximum atomic E-state index is 12.3. The molecule has 0 unspecified atom stereocenters. The number of thiophene rings is 1. The van der Waals surface area contributed by atoms with Crippen molar-refractivity contribution in [3.63, 3.8) is 0 Å². The van der Waals surface area contributed by atoms with Gasteiger partial charge in [0, 0.05) is 51.7 Å². The summed E-state index contributed by atoms with van der Waals surface area (Å²) < 4.78 is 0. The Hall–Kier alpha value is -3.09. The molecule has 4 rings (SSSR count). The first-order valence-electron chi connectivity index (χ1n) is 10.5. The fraction of sp³-hybridized carbons (Fsp3) is 0.200. The summed E-state index contributed by atoms with van der Waals surface area (Å²) in [6.45, 7) is 1.99. The van der Waals surface area contributed by atoms with Crippen molar-refractivity contribution >= 4 is 46.6 Å². The molecule has 2 aromatic carbocycles. The van der Waals surface area contributed by atoms with Gasteiger partial charge in [-0.3, -0.25) is 4.79 Å². The van der Waals surface area contributed by atoms with Crippen molar-refractivity contribution in [2.45, 2.75) is 19.4 Å². The minimum absolute atomic E-state index is 0.0706. The van der Waals surface area contributed by atoms with Crippen molar-refractivity contribution in [1.29, 1.82) is 0 Å². The Kier molecular flexibility index (Phi) is 7.24. The van der Waals surface area contributed by atoms with Gasteiger partial charge < -0.3 is 15.5 Å². The molecular weight excluding hydrogens is 442 g/mol. The van der Waals surface area contributed by atoms with E-state index < -0.39 is 0 Å². The molecular formula is C25H24ClN3O2S. The quantitative estimate of drug-likeness (QED) is 0.437. The Bertz CT molecular complexity index is 1140. The van der Waals surface area contributed by atoms with Crippen molar-refractivity contribution in [3.8, 4) is 10.4 Å². The molecule has 0 bridgehead atoms. The molecule has 1 saturated heterocycles. The van der Waals surface area contributed by atoms with E-state index in [2.05, 4.69) is 10.6 Å². The molecule has 0 atom stereocenters. The van der Waals surface area contributed by atoms with Crippen molar-refractivity contribution in [1.82, 2.24) is 10.2 Å². The molecule has 5 nitrogen and oxygen atoms in total. The second kappa shape index (κ2) is 10.5. The van der Waals surface area contributed by atoms with E-state index in [9.17, 15) is 9.59 Å². The van der Waals surface area contributed by atoms with E-state index in [1.165, 1.54) is 6.08 Å². The summed E-state index contributed by atoms with van der Waals surface area (Å²) in [6, 6.07) is 19.1. The van der Waals surface area contributed by atoms with Crippen LogP contribution in [0.25, 0.3) is 16.5 Å². The van der Waals surface area contributed by atoms with Crippen molar-refractivity contribution in [3.05, 3.63) is 82.2 Å². The summed E-state index contributed by atoms with van der Waals surface area (Å²) in [6.07, 6.45) is 5.44. The van der Waals surface area contributed by atoms with Gasteiger partial charge in [-0.05, 0) is 54.8 Å². The standard InChI is InChI=1S/C25H24ClN3O2S/c26-22-9-2-1-8-21(22)23-12-10-20(32-23)11-13-24(30)27-17-18-6-5-7-19(16-18)28-25(31)29-14-3-4-15-29/h1-2,5-13,16H,3-4,14-15,17H2,(H,27,30)(H,28,31)/b13-11+. The number of likely N-dealkylation sites (tertiary alicyclic amines) is 1. The number of amides is 3. The molecule has 7 heteroatoms. The van der Waals surface area contributed by atoms with Crippen LogP contribution in [0.1, 0.15) is 23.3 Å². The largest absolute Gasteiger partial charge is 0.348 e. The third kappa shape index (κ3) is 5.78. The van der Waals surface area contributed by atoms with Crippen molar-refractivity contribution in [2.75, 3.05) is 18.4 Å². The zero-order chi connectivity index (χ0) is 22.3. The Labute approximate surface area is 196 Å². The predicted octanol–water partition coefficient (Wildman–Crippen LogP) is 6.03. The number of urea groups is 1. The van der Waals surface area contributed by atoms with Crippen LogP contribution in [0.4, 0.5) is 10.5 Å². The molecule has 3 amide bonds. The van der Waals surface area contributed by atoms with E-state index in [1.54, 1.807) is 17.4 Å². The van der Waals surface area contributed by atoms with Gasteiger partial charge in [-0.15, -0.1) is 11.3 Å². The van der Waals surface area contributed by atoms with Crippen LogP contribution < -0.4 is 10.6 Å². The van der Waals surface area contributed by atoms with E-state index >= 15 is 0 Å². The number of benzene rings is 2. The lowest BCUT2D eigenvalue weighted by Crippen LogP contribution is -2.32. The molecule has 2 heterocycles. The summed E-state index contributed by atoms with van der Waals surface area (Å²) in [5.41, 5.74) is 2.64. The highest BCUT2D eigenvalue weighted by Crippen LogP contribution is 2.33.